The van der Waals surface area contributed by atoms with Gasteiger partial charge in [-0.2, -0.15) is 0 Å². The first-order valence-corrected chi connectivity index (χ1v) is 7.93. The van der Waals surface area contributed by atoms with Crippen LogP contribution < -0.4 is 22.2 Å². The van der Waals surface area contributed by atoms with Gasteiger partial charge in [0, 0.05) is 0 Å². The summed E-state index contributed by atoms with van der Waals surface area (Å²) in [6, 6.07) is 0. The molecule has 116 valence electrons. The van der Waals surface area contributed by atoms with Gasteiger partial charge >= 0.3 is 0 Å². The van der Waals surface area contributed by atoms with Crippen molar-refractivity contribution in [1.82, 2.24) is 9.13 Å². The van der Waals surface area contributed by atoms with E-state index in [1.54, 1.807) is 0 Å². The van der Waals surface area contributed by atoms with Crippen LogP contribution in [-0.4, -0.2) is 32.6 Å². The summed E-state index contributed by atoms with van der Waals surface area (Å²) in [7, 11) is 0. The van der Waals surface area contributed by atoms with Gasteiger partial charge in [-0.25, -0.2) is 0 Å². The van der Waals surface area contributed by atoms with E-state index in [0.29, 0.717) is 0 Å². The molecule has 0 aliphatic rings. The molecule has 0 unspecified atom stereocenters. The molecule has 2 N–H and O–H groups in total. The van der Waals surface area contributed by atoms with Crippen LogP contribution in [0.3, 0.4) is 0 Å². The van der Waals surface area contributed by atoms with Crippen molar-refractivity contribution in [3.05, 3.63) is 41.4 Å². The van der Waals surface area contributed by atoms with Crippen LogP contribution in [-0.2, 0) is 13.1 Å². The van der Waals surface area contributed by atoms with Crippen LogP contribution in [0.25, 0.3) is 18.8 Å². The van der Waals surface area contributed by atoms with E-state index < -0.39 is 22.2 Å². The van der Waals surface area contributed by atoms with Crippen molar-refractivity contribution in [3.63, 3.8) is 0 Å². The standard InChI is InChI=1S/C12H10N2O6S2/c15-3-1-13-9(17)5-6(10(13)18)22-8-7(21-5)11(19)14(2-4-16)12(8)20/h15-16H,1-4H2. The number of aliphatic hydroxyl groups excluding tert-OH is 2. The third kappa shape index (κ3) is 1.96. The van der Waals surface area contributed by atoms with Crippen molar-refractivity contribution in [3.8, 4) is 0 Å². The highest BCUT2D eigenvalue weighted by molar-refractivity contribution is 7.36. The molecule has 0 aliphatic heterocycles. The van der Waals surface area contributed by atoms with Gasteiger partial charge in [0.1, 0.15) is 18.8 Å². The molecule has 3 heterocycles. The number of aromatic nitrogens is 2. The van der Waals surface area contributed by atoms with E-state index in [-0.39, 0.29) is 45.1 Å². The molecule has 0 spiro atoms. The van der Waals surface area contributed by atoms with Gasteiger partial charge in [-0.15, -0.1) is 22.7 Å². The maximum absolute atomic E-state index is 12.2. The van der Waals surface area contributed by atoms with Gasteiger partial charge in [0.05, 0.1) is 26.3 Å². The van der Waals surface area contributed by atoms with Crippen LogP contribution in [0.2, 0.25) is 0 Å². The topological polar surface area (TPSA) is 119 Å². The predicted octanol–water partition coefficient (Wildman–Crippen LogP) is -1.42. The molecule has 0 bridgehead atoms. The van der Waals surface area contributed by atoms with Gasteiger partial charge in [-0.1, -0.05) is 0 Å². The molecular formula is C12H10N2O6S2. The fourth-order valence-electron chi connectivity index (χ4n) is 2.23. The smallest absolute Gasteiger partial charge is 0.272 e. The summed E-state index contributed by atoms with van der Waals surface area (Å²) in [6.45, 7) is -0.977. The molecule has 3 aromatic heterocycles. The average molecular weight is 342 g/mol. The largest absolute Gasteiger partial charge is 0.395 e. The first kappa shape index (κ1) is 15.0. The van der Waals surface area contributed by atoms with Gasteiger partial charge in [0.15, 0.2) is 0 Å². The summed E-state index contributed by atoms with van der Waals surface area (Å²) in [4.78, 5) is 48.6. The third-order valence-electron chi connectivity index (χ3n) is 3.23. The Morgan fingerprint density at radius 2 is 0.909 bits per heavy atom. The Balaban J connectivity index is 2.47. The number of nitrogens with zero attached hydrogens (tertiary/aromatic N) is 2. The van der Waals surface area contributed by atoms with Crippen LogP contribution in [0, 0.1) is 0 Å². The minimum Gasteiger partial charge on any atom is -0.395 e. The van der Waals surface area contributed by atoms with Gasteiger partial charge < -0.3 is 10.2 Å². The van der Waals surface area contributed by atoms with Crippen LogP contribution >= 0.6 is 22.7 Å². The number of aliphatic hydroxyl groups is 2. The van der Waals surface area contributed by atoms with Gasteiger partial charge in [-0.05, 0) is 0 Å². The maximum atomic E-state index is 12.2. The molecule has 10 heteroatoms. The molecule has 3 rings (SSSR count). The van der Waals surface area contributed by atoms with E-state index in [9.17, 15) is 19.2 Å². The lowest BCUT2D eigenvalue weighted by Crippen LogP contribution is -2.27. The summed E-state index contributed by atoms with van der Waals surface area (Å²) in [5.74, 6) is 0. The van der Waals surface area contributed by atoms with E-state index in [1.807, 2.05) is 0 Å². The van der Waals surface area contributed by atoms with Crippen molar-refractivity contribution < 1.29 is 10.2 Å². The Kier molecular flexibility index (Phi) is 3.68. The molecular weight excluding hydrogens is 332 g/mol. The Morgan fingerprint density at radius 1 is 0.636 bits per heavy atom. The average Bonchev–Trinajstić information content (AvgIpc) is 2.88. The molecule has 0 saturated carbocycles. The minimum atomic E-state index is -0.570. The van der Waals surface area contributed by atoms with E-state index in [0.717, 1.165) is 31.8 Å². The Hall–Kier alpha value is -1.88. The number of hydrogen-bond donors (Lipinski definition) is 2. The Morgan fingerprint density at radius 3 is 1.14 bits per heavy atom. The molecule has 0 fully saturated rings. The summed E-state index contributed by atoms with van der Waals surface area (Å²) < 4.78 is 2.22. The summed E-state index contributed by atoms with van der Waals surface area (Å²) >= 11 is 1.61. The van der Waals surface area contributed by atoms with E-state index >= 15 is 0 Å². The van der Waals surface area contributed by atoms with Crippen LogP contribution in [0.5, 0.6) is 0 Å². The molecule has 8 nitrogen and oxygen atoms in total. The minimum absolute atomic E-state index is 0.106. The number of hydrogen-bond acceptors (Lipinski definition) is 8. The van der Waals surface area contributed by atoms with Gasteiger partial charge in [-0.3, -0.25) is 28.3 Å². The second kappa shape index (κ2) is 5.39. The first-order valence-electron chi connectivity index (χ1n) is 6.29. The molecule has 0 aromatic carbocycles. The highest BCUT2D eigenvalue weighted by Gasteiger charge is 2.20. The summed E-state index contributed by atoms with van der Waals surface area (Å²) in [5, 5.41) is 17.8. The lowest BCUT2D eigenvalue weighted by Gasteiger charge is -1.93. The lowest BCUT2D eigenvalue weighted by molar-refractivity contribution is 0.273. The predicted molar refractivity (Wildman–Crippen MR) is 83.6 cm³/mol. The maximum Gasteiger partial charge on any atom is 0.272 e. The zero-order chi connectivity index (χ0) is 16.0. The quantitative estimate of drug-likeness (QED) is 0.601. The van der Waals surface area contributed by atoms with Crippen molar-refractivity contribution in [2.45, 2.75) is 13.1 Å². The normalized spacial score (nSPS) is 11.7. The zero-order valence-corrected chi connectivity index (χ0v) is 12.7. The molecule has 3 aromatic rings. The van der Waals surface area contributed by atoms with Crippen molar-refractivity contribution in [1.29, 1.82) is 0 Å². The molecule has 0 amide bonds. The molecule has 0 atom stereocenters. The highest BCUT2D eigenvalue weighted by Crippen LogP contribution is 2.25. The van der Waals surface area contributed by atoms with E-state index in [1.165, 1.54) is 0 Å². The molecule has 22 heavy (non-hydrogen) atoms. The van der Waals surface area contributed by atoms with Crippen LogP contribution in [0.4, 0.5) is 0 Å². The van der Waals surface area contributed by atoms with Gasteiger partial charge in [0.2, 0.25) is 0 Å². The Bertz CT molecular complexity index is 927. The fourth-order valence-corrected chi connectivity index (χ4v) is 4.65. The molecule has 0 aliphatic carbocycles. The van der Waals surface area contributed by atoms with Crippen molar-refractivity contribution in [2.24, 2.45) is 0 Å². The van der Waals surface area contributed by atoms with Crippen LogP contribution in [0.15, 0.2) is 19.2 Å². The number of rotatable bonds is 4. The van der Waals surface area contributed by atoms with E-state index in [4.69, 9.17) is 10.2 Å². The zero-order valence-electron chi connectivity index (χ0n) is 11.1. The second-order valence-electron chi connectivity index (χ2n) is 4.49. The lowest BCUT2D eigenvalue weighted by atomic mass is 10.6. The van der Waals surface area contributed by atoms with Crippen LogP contribution in [0.1, 0.15) is 0 Å². The summed E-state index contributed by atoms with van der Waals surface area (Å²) in [5.41, 5.74) is -2.28. The SMILES string of the molecule is O=c1c2sc3c(=O)n(CCO)c(=O)c3sc2c(=O)n1CCO. The summed E-state index contributed by atoms with van der Waals surface area (Å²) in [6.07, 6.45) is 0. The van der Waals surface area contributed by atoms with E-state index in [2.05, 4.69) is 0 Å². The highest BCUT2D eigenvalue weighted by atomic mass is 32.1. The third-order valence-corrected chi connectivity index (χ3v) is 5.82. The second-order valence-corrected chi connectivity index (χ2v) is 6.53. The van der Waals surface area contributed by atoms with Crippen molar-refractivity contribution >= 4 is 41.5 Å². The fraction of sp³-hybridized carbons (Fsp3) is 0.333. The monoisotopic (exact) mass is 342 g/mol. The molecule has 0 saturated heterocycles. The van der Waals surface area contributed by atoms with Crippen molar-refractivity contribution in [2.75, 3.05) is 13.2 Å². The first-order chi connectivity index (χ1) is 10.5. The number of fused-ring (bicyclic) bond motifs is 2. The van der Waals surface area contributed by atoms with Gasteiger partial charge in [0.25, 0.3) is 22.2 Å². The Labute approximate surface area is 129 Å². The molecule has 0 radical (unpaired) electrons.